The minimum absolute atomic E-state index is 0.0308. The second kappa shape index (κ2) is 4.76. The van der Waals surface area contributed by atoms with Crippen LogP contribution in [0.4, 0.5) is 13.2 Å². The van der Waals surface area contributed by atoms with Gasteiger partial charge in [-0.15, -0.1) is 5.10 Å². The summed E-state index contributed by atoms with van der Waals surface area (Å²) in [6, 6.07) is 4.60. The lowest BCUT2D eigenvalue weighted by Gasteiger charge is -2.11. The van der Waals surface area contributed by atoms with Crippen molar-refractivity contribution in [1.29, 1.82) is 0 Å². The molecule has 100 valence electrons. The van der Waals surface area contributed by atoms with Crippen LogP contribution in [0.25, 0.3) is 0 Å². The number of ketones is 1. The van der Waals surface area contributed by atoms with Crippen LogP contribution in [0.3, 0.4) is 0 Å². The van der Waals surface area contributed by atoms with Gasteiger partial charge in [0, 0.05) is 12.6 Å². The zero-order valence-corrected chi connectivity index (χ0v) is 11.2. The zero-order valence-electron chi connectivity index (χ0n) is 9.57. The van der Waals surface area contributed by atoms with Gasteiger partial charge in [-0.3, -0.25) is 4.79 Å². The number of hydrogen-bond acceptors (Lipinski definition) is 3. The molecule has 0 saturated heterocycles. The van der Waals surface area contributed by atoms with Crippen molar-refractivity contribution in [2.75, 3.05) is 0 Å². The van der Waals surface area contributed by atoms with Crippen LogP contribution in [-0.2, 0) is 13.2 Å². The Morgan fingerprint density at radius 2 is 1.95 bits per heavy atom. The van der Waals surface area contributed by atoms with Gasteiger partial charge in [-0.25, -0.2) is 4.68 Å². The molecule has 19 heavy (non-hydrogen) atoms. The fourth-order valence-electron chi connectivity index (χ4n) is 1.63. The van der Waals surface area contributed by atoms with Gasteiger partial charge in [0.25, 0.3) is 0 Å². The molecule has 0 radical (unpaired) electrons. The molecule has 8 heteroatoms. The van der Waals surface area contributed by atoms with Crippen molar-refractivity contribution in [2.24, 2.45) is 7.05 Å². The number of aryl methyl sites for hydroxylation is 1. The second-order valence-corrected chi connectivity index (χ2v) is 4.48. The third-order valence-corrected chi connectivity index (χ3v) is 3.01. The Balaban J connectivity index is 2.58. The average Bonchev–Trinajstić information content (AvgIpc) is 2.67. The molecule has 0 aliphatic carbocycles. The highest BCUT2D eigenvalue weighted by Crippen LogP contribution is 2.33. The molecule has 1 aromatic carbocycles. The van der Waals surface area contributed by atoms with Crippen LogP contribution in [0.5, 0.6) is 0 Å². The van der Waals surface area contributed by atoms with Crippen LogP contribution < -0.4 is 0 Å². The predicted molar refractivity (Wildman–Crippen MR) is 63.6 cm³/mol. The van der Waals surface area contributed by atoms with Crippen LogP contribution in [0.2, 0.25) is 0 Å². The molecule has 0 unspecified atom stereocenters. The summed E-state index contributed by atoms with van der Waals surface area (Å²) >= 11 is 2.99. The molecule has 0 fully saturated rings. The highest BCUT2D eigenvalue weighted by molar-refractivity contribution is 9.10. The van der Waals surface area contributed by atoms with E-state index in [2.05, 4.69) is 26.2 Å². The SMILES string of the molecule is Cn1nnc(Br)c1C(=O)c1ccccc1C(F)(F)F. The van der Waals surface area contributed by atoms with Crippen molar-refractivity contribution in [3.8, 4) is 0 Å². The Hall–Kier alpha value is -1.70. The van der Waals surface area contributed by atoms with Gasteiger partial charge in [0.15, 0.2) is 4.60 Å². The maximum atomic E-state index is 12.8. The molecule has 1 aromatic heterocycles. The Kier molecular flexibility index (Phi) is 3.44. The fourth-order valence-corrected chi connectivity index (χ4v) is 2.14. The highest BCUT2D eigenvalue weighted by atomic mass is 79.9. The number of halogens is 4. The monoisotopic (exact) mass is 333 g/mol. The summed E-state index contributed by atoms with van der Waals surface area (Å²) in [6.07, 6.45) is -4.59. The molecule has 0 bridgehead atoms. The van der Waals surface area contributed by atoms with Gasteiger partial charge in [-0.2, -0.15) is 13.2 Å². The number of aromatic nitrogens is 3. The van der Waals surface area contributed by atoms with E-state index in [0.717, 1.165) is 16.8 Å². The average molecular weight is 334 g/mol. The van der Waals surface area contributed by atoms with Crippen LogP contribution in [-0.4, -0.2) is 20.8 Å². The minimum Gasteiger partial charge on any atom is -0.287 e. The van der Waals surface area contributed by atoms with Crippen molar-refractivity contribution < 1.29 is 18.0 Å². The minimum atomic E-state index is -4.59. The molecule has 0 amide bonds. The third kappa shape index (κ3) is 2.53. The van der Waals surface area contributed by atoms with Gasteiger partial charge < -0.3 is 0 Å². The Labute approximate surface area is 114 Å². The summed E-state index contributed by atoms with van der Waals surface area (Å²) in [4.78, 5) is 12.2. The molecule has 2 rings (SSSR count). The number of carbonyl (C=O) groups excluding carboxylic acids is 1. The summed E-state index contributed by atoms with van der Waals surface area (Å²) in [5, 5.41) is 7.15. The Bertz CT molecular complexity index is 617. The number of benzene rings is 1. The third-order valence-electron chi connectivity index (χ3n) is 2.48. The lowest BCUT2D eigenvalue weighted by molar-refractivity contribution is -0.137. The lowest BCUT2D eigenvalue weighted by atomic mass is 10.0. The predicted octanol–water partition coefficient (Wildman–Crippen LogP) is 2.83. The van der Waals surface area contributed by atoms with Crippen molar-refractivity contribution in [2.45, 2.75) is 6.18 Å². The standard InChI is InChI=1S/C11H7BrF3N3O/c1-18-8(10(12)16-17-18)9(19)6-4-2-3-5-7(6)11(13,14)15/h2-5H,1H3. The van der Waals surface area contributed by atoms with E-state index < -0.39 is 23.1 Å². The summed E-state index contributed by atoms with van der Waals surface area (Å²) in [5.41, 5.74) is -1.44. The maximum Gasteiger partial charge on any atom is 0.417 e. The van der Waals surface area contributed by atoms with E-state index in [9.17, 15) is 18.0 Å². The lowest BCUT2D eigenvalue weighted by Crippen LogP contribution is -2.16. The van der Waals surface area contributed by atoms with Crippen molar-refractivity contribution >= 4 is 21.7 Å². The molecule has 0 aliphatic heterocycles. The van der Waals surface area contributed by atoms with Gasteiger partial charge in [-0.05, 0) is 22.0 Å². The smallest absolute Gasteiger partial charge is 0.287 e. The number of rotatable bonds is 2. The highest BCUT2D eigenvalue weighted by Gasteiger charge is 2.36. The summed E-state index contributed by atoms with van der Waals surface area (Å²) in [7, 11) is 1.43. The quantitative estimate of drug-likeness (QED) is 0.794. The number of hydrogen-bond donors (Lipinski definition) is 0. The number of nitrogens with zero attached hydrogens (tertiary/aromatic N) is 3. The normalized spacial score (nSPS) is 11.6. The van der Waals surface area contributed by atoms with Gasteiger partial charge in [0.1, 0.15) is 5.69 Å². The van der Waals surface area contributed by atoms with Gasteiger partial charge >= 0.3 is 6.18 Å². The van der Waals surface area contributed by atoms with Gasteiger partial charge in [-0.1, -0.05) is 23.4 Å². The summed E-state index contributed by atoms with van der Waals surface area (Å²) in [6.45, 7) is 0. The van der Waals surface area contributed by atoms with Crippen LogP contribution in [0, 0.1) is 0 Å². The van der Waals surface area contributed by atoms with E-state index in [-0.39, 0.29) is 10.3 Å². The number of carbonyl (C=O) groups is 1. The molecular formula is C11H7BrF3N3O. The first kappa shape index (κ1) is 13.7. The van der Waals surface area contributed by atoms with E-state index in [1.165, 1.54) is 19.2 Å². The van der Waals surface area contributed by atoms with Gasteiger partial charge in [0.05, 0.1) is 5.56 Å². The zero-order chi connectivity index (χ0) is 14.2. The molecular weight excluding hydrogens is 327 g/mol. The van der Waals surface area contributed by atoms with Crippen LogP contribution in [0.15, 0.2) is 28.9 Å². The first-order chi connectivity index (χ1) is 8.82. The van der Waals surface area contributed by atoms with E-state index in [4.69, 9.17) is 0 Å². The summed E-state index contributed by atoms with van der Waals surface area (Å²) in [5.74, 6) is -0.785. The summed E-state index contributed by atoms with van der Waals surface area (Å²) < 4.78 is 39.8. The van der Waals surface area contributed by atoms with Crippen LogP contribution in [0.1, 0.15) is 21.6 Å². The molecule has 2 aromatic rings. The van der Waals surface area contributed by atoms with Crippen molar-refractivity contribution in [3.63, 3.8) is 0 Å². The van der Waals surface area contributed by atoms with Crippen LogP contribution >= 0.6 is 15.9 Å². The second-order valence-electron chi connectivity index (χ2n) is 3.72. The molecule has 0 N–H and O–H groups in total. The van der Waals surface area contributed by atoms with Crippen molar-refractivity contribution in [3.05, 3.63) is 45.7 Å². The van der Waals surface area contributed by atoms with E-state index in [1.807, 2.05) is 0 Å². The molecule has 0 atom stereocenters. The largest absolute Gasteiger partial charge is 0.417 e. The number of alkyl halides is 3. The molecule has 4 nitrogen and oxygen atoms in total. The van der Waals surface area contributed by atoms with Gasteiger partial charge in [0.2, 0.25) is 5.78 Å². The molecule has 0 aliphatic rings. The fraction of sp³-hybridized carbons (Fsp3) is 0.182. The molecule has 0 spiro atoms. The van der Waals surface area contributed by atoms with E-state index >= 15 is 0 Å². The first-order valence-corrected chi connectivity index (χ1v) is 5.87. The molecule has 0 saturated carbocycles. The Morgan fingerprint density at radius 1 is 1.32 bits per heavy atom. The first-order valence-electron chi connectivity index (χ1n) is 5.08. The maximum absolute atomic E-state index is 12.8. The molecule has 1 heterocycles. The Morgan fingerprint density at radius 3 is 2.47 bits per heavy atom. The van der Waals surface area contributed by atoms with E-state index in [1.54, 1.807) is 0 Å². The van der Waals surface area contributed by atoms with E-state index in [0.29, 0.717) is 0 Å². The van der Waals surface area contributed by atoms with Crippen molar-refractivity contribution in [1.82, 2.24) is 15.0 Å². The topological polar surface area (TPSA) is 47.8 Å².